The third-order valence-electron chi connectivity index (χ3n) is 2.66. The van der Waals surface area contributed by atoms with Gasteiger partial charge in [-0.05, 0) is 25.1 Å². The zero-order valence-electron chi connectivity index (χ0n) is 9.10. The Morgan fingerprint density at radius 3 is 2.94 bits per heavy atom. The second kappa shape index (κ2) is 5.17. The van der Waals surface area contributed by atoms with Crippen molar-refractivity contribution >= 4 is 15.9 Å². The molecule has 3 atom stereocenters. The van der Waals surface area contributed by atoms with E-state index < -0.39 is 6.10 Å². The fourth-order valence-electron chi connectivity index (χ4n) is 1.80. The molecule has 0 bridgehead atoms. The van der Waals surface area contributed by atoms with Gasteiger partial charge in [0.2, 0.25) is 0 Å². The van der Waals surface area contributed by atoms with Crippen molar-refractivity contribution in [3.05, 3.63) is 28.7 Å². The molecule has 0 spiro atoms. The van der Waals surface area contributed by atoms with Crippen molar-refractivity contribution in [1.29, 1.82) is 0 Å². The van der Waals surface area contributed by atoms with Crippen molar-refractivity contribution in [3.8, 4) is 5.75 Å². The first-order valence-corrected chi connectivity index (χ1v) is 6.22. The molecular weight excluding hydrogens is 272 g/mol. The number of aliphatic hydroxyl groups is 1. The molecule has 1 aliphatic rings. The lowest BCUT2D eigenvalue weighted by atomic mass is 9.88. The summed E-state index contributed by atoms with van der Waals surface area (Å²) in [6, 6.07) is 7.68. The molecule has 0 amide bonds. The highest BCUT2D eigenvalue weighted by Gasteiger charge is 2.42. The summed E-state index contributed by atoms with van der Waals surface area (Å²) in [6.45, 7) is 2.52. The van der Waals surface area contributed by atoms with Gasteiger partial charge in [0.25, 0.3) is 0 Å². The van der Waals surface area contributed by atoms with Gasteiger partial charge in [0.1, 0.15) is 18.0 Å². The topological polar surface area (TPSA) is 38.7 Å². The second-order valence-electron chi connectivity index (χ2n) is 3.84. The number of benzene rings is 1. The number of hydrogen-bond acceptors (Lipinski definition) is 3. The first-order chi connectivity index (χ1) is 7.70. The molecule has 0 radical (unpaired) electrons. The van der Waals surface area contributed by atoms with Crippen LogP contribution in [0.3, 0.4) is 0 Å². The minimum atomic E-state index is -0.392. The van der Waals surface area contributed by atoms with Crippen LogP contribution in [0.15, 0.2) is 28.7 Å². The largest absolute Gasteiger partial charge is 0.487 e. The summed E-state index contributed by atoms with van der Waals surface area (Å²) < 4.78 is 12.2. The molecule has 1 saturated carbocycles. The van der Waals surface area contributed by atoms with Crippen LogP contribution in [0.4, 0.5) is 0 Å². The SMILES string of the molecule is CCOC1C(O)CC1Oc1cccc(Br)c1. The van der Waals surface area contributed by atoms with E-state index in [1.54, 1.807) is 0 Å². The van der Waals surface area contributed by atoms with Crippen LogP contribution in [0.25, 0.3) is 0 Å². The first kappa shape index (κ1) is 11.9. The third kappa shape index (κ3) is 2.56. The summed E-state index contributed by atoms with van der Waals surface area (Å²) in [6.07, 6.45) is 0.0160. The fourth-order valence-corrected chi connectivity index (χ4v) is 2.18. The van der Waals surface area contributed by atoms with E-state index in [9.17, 15) is 5.11 Å². The van der Waals surface area contributed by atoms with Crippen molar-refractivity contribution in [2.24, 2.45) is 0 Å². The fraction of sp³-hybridized carbons (Fsp3) is 0.500. The Hall–Kier alpha value is -0.580. The molecule has 1 N–H and O–H groups in total. The molecule has 0 aromatic heterocycles. The number of rotatable bonds is 4. The maximum Gasteiger partial charge on any atom is 0.130 e. The van der Waals surface area contributed by atoms with Crippen LogP contribution in [0.1, 0.15) is 13.3 Å². The summed E-state index contributed by atoms with van der Waals surface area (Å²) in [7, 11) is 0. The lowest BCUT2D eigenvalue weighted by molar-refractivity contribution is -0.160. The quantitative estimate of drug-likeness (QED) is 0.924. The summed E-state index contributed by atoms with van der Waals surface area (Å²) >= 11 is 3.39. The van der Waals surface area contributed by atoms with E-state index in [1.165, 1.54) is 0 Å². The Kier molecular flexibility index (Phi) is 3.84. The molecule has 0 saturated heterocycles. The molecule has 0 heterocycles. The minimum absolute atomic E-state index is 0.0377. The molecule has 1 aromatic rings. The maximum atomic E-state index is 9.53. The molecule has 4 heteroatoms. The normalized spacial score (nSPS) is 28.6. The van der Waals surface area contributed by atoms with Gasteiger partial charge in [-0.1, -0.05) is 22.0 Å². The van der Waals surface area contributed by atoms with Crippen LogP contribution in [0.2, 0.25) is 0 Å². The smallest absolute Gasteiger partial charge is 0.130 e. The van der Waals surface area contributed by atoms with E-state index >= 15 is 0 Å². The van der Waals surface area contributed by atoms with Gasteiger partial charge in [-0.3, -0.25) is 0 Å². The molecule has 1 aliphatic carbocycles. The summed E-state index contributed by atoms with van der Waals surface area (Å²) in [5.41, 5.74) is 0. The highest BCUT2D eigenvalue weighted by molar-refractivity contribution is 9.10. The van der Waals surface area contributed by atoms with Gasteiger partial charge in [-0.2, -0.15) is 0 Å². The highest BCUT2D eigenvalue weighted by Crippen LogP contribution is 2.29. The van der Waals surface area contributed by atoms with E-state index in [0.717, 1.165) is 10.2 Å². The minimum Gasteiger partial charge on any atom is -0.487 e. The van der Waals surface area contributed by atoms with Gasteiger partial charge in [-0.25, -0.2) is 0 Å². The van der Waals surface area contributed by atoms with Crippen molar-refractivity contribution in [3.63, 3.8) is 0 Å². The molecule has 88 valence electrons. The molecule has 3 nitrogen and oxygen atoms in total. The Bertz CT molecular complexity index is 356. The Morgan fingerprint density at radius 2 is 2.31 bits per heavy atom. The van der Waals surface area contributed by atoms with Crippen molar-refractivity contribution in [1.82, 2.24) is 0 Å². The van der Waals surface area contributed by atoms with Crippen molar-refractivity contribution in [2.75, 3.05) is 6.61 Å². The first-order valence-electron chi connectivity index (χ1n) is 5.42. The van der Waals surface area contributed by atoms with Crippen LogP contribution in [-0.4, -0.2) is 30.0 Å². The van der Waals surface area contributed by atoms with E-state index in [1.807, 2.05) is 31.2 Å². The lowest BCUT2D eigenvalue weighted by Crippen LogP contribution is -2.55. The predicted octanol–water partition coefficient (Wildman–Crippen LogP) is 2.37. The van der Waals surface area contributed by atoms with Gasteiger partial charge in [-0.15, -0.1) is 0 Å². The second-order valence-corrected chi connectivity index (χ2v) is 4.75. The Labute approximate surface area is 104 Å². The van der Waals surface area contributed by atoms with E-state index in [-0.39, 0.29) is 12.2 Å². The van der Waals surface area contributed by atoms with Gasteiger partial charge < -0.3 is 14.6 Å². The molecule has 3 unspecified atom stereocenters. The average molecular weight is 287 g/mol. The number of ether oxygens (including phenoxy) is 2. The molecule has 16 heavy (non-hydrogen) atoms. The maximum absolute atomic E-state index is 9.53. The molecule has 1 aromatic carbocycles. The summed E-state index contributed by atoms with van der Waals surface area (Å²) in [5, 5.41) is 9.53. The number of aliphatic hydroxyl groups excluding tert-OH is 1. The number of halogens is 1. The van der Waals surface area contributed by atoms with Crippen LogP contribution in [-0.2, 0) is 4.74 Å². The van der Waals surface area contributed by atoms with Crippen LogP contribution in [0.5, 0.6) is 5.75 Å². The van der Waals surface area contributed by atoms with Crippen molar-refractivity contribution < 1.29 is 14.6 Å². The summed E-state index contributed by atoms with van der Waals surface area (Å²) in [5.74, 6) is 0.802. The zero-order valence-corrected chi connectivity index (χ0v) is 10.7. The van der Waals surface area contributed by atoms with Crippen LogP contribution in [0, 0.1) is 0 Å². The standard InChI is InChI=1S/C12H15BrO3/c1-2-15-12-10(14)7-11(12)16-9-5-3-4-8(13)6-9/h3-6,10-12,14H,2,7H2,1H3. The van der Waals surface area contributed by atoms with Gasteiger partial charge in [0, 0.05) is 17.5 Å². The Morgan fingerprint density at radius 1 is 1.50 bits per heavy atom. The van der Waals surface area contributed by atoms with Crippen LogP contribution < -0.4 is 4.74 Å². The van der Waals surface area contributed by atoms with E-state index in [2.05, 4.69) is 15.9 Å². The zero-order chi connectivity index (χ0) is 11.5. The van der Waals surface area contributed by atoms with Gasteiger partial charge >= 0.3 is 0 Å². The average Bonchev–Trinajstić information content (AvgIpc) is 2.26. The predicted molar refractivity (Wildman–Crippen MR) is 64.6 cm³/mol. The third-order valence-corrected chi connectivity index (χ3v) is 3.16. The molecule has 0 aliphatic heterocycles. The number of hydrogen-bond donors (Lipinski definition) is 1. The van der Waals surface area contributed by atoms with E-state index in [0.29, 0.717) is 13.0 Å². The lowest BCUT2D eigenvalue weighted by Gasteiger charge is -2.40. The summed E-state index contributed by atoms with van der Waals surface area (Å²) in [4.78, 5) is 0. The Balaban J connectivity index is 1.95. The van der Waals surface area contributed by atoms with E-state index in [4.69, 9.17) is 9.47 Å². The molecule has 2 rings (SSSR count). The molecule has 1 fully saturated rings. The molecular formula is C12H15BrO3. The van der Waals surface area contributed by atoms with Crippen LogP contribution >= 0.6 is 15.9 Å². The van der Waals surface area contributed by atoms with Gasteiger partial charge in [0.15, 0.2) is 0 Å². The monoisotopic (exact) mass is 286 g/mol. The van der Waals surface area contributed by atoms with Gasteiger partial charge in [0.05, 0.1) is 6.10 Å². The van der Waals surface area contributed by atoms with Crippen molar-refractivity contribution in [2.45, 2.75) is 31.7 Å². The highest BCUT2D eigenvalue weighted by atomic mass is 79.9.